The summed E-state index contributed by atoms with van der Waals surface area (Å²) in [6, 6.07) is 5.82. The van der Waals surface area contributed by atoms with Crippen LogP contribution < -0.4 is 5.32 Å². The number of carboxylic acid groups (broad SMARTS) is 1. The number of benzene rings is 1. The van der Waals surface area contributed by atoms with Gasteiger partial charge >= 0.3 is 5.97 Å². The van der Waals surface area contributed by atoms with Gasteiger partial charge in [0.05, 0.1) is 0 Å². The second kappa shape index (κ2) is 5.66. The molecule has 0 saturated heterocycles. The molecule has 0 aliphatic heterocycles. The highest BCUT2D eigenvalue weighted by atomic mass is 79.9. The summed E-state index contributed by atoms with van der Waals surface area (Å²) in [7, 11) is 0. The molecule has 2 rings (SSSR count). The number of carboxylic acids is 1. The molecule has 0 unspecified atom stereocenters. The quantitative estimate of drug-likeness (QED) is 0.766. The molecule has 0 aliphatic carbocycles. The number of carbonyl (C=O) groups is 1. The van der Waals surface area contributed by atoms with Crippen molar-refractivity contribution in [2.45, 2.75) is 19.4 Å². The number of hydrogen-bond acceptors (Lipinski definition) is 3. The molecule has 21 heavy (non-hydrogen) atoms. The van der Waals surface area contributed by atoms with Gasteiger partial charge in [-0.25, -0.2) is 4.79 Å². The van der Waals surface area contributed by atoms with Gasteiger partial charge in [0.15, 0.2) is 0 Å². The highest BCUT2D eigenvalue weighted by Crippen LogP contribution is 2.39. The lowest BCUT2D eigenvalue weighted by molar-refractivity contribution is -0.141. The minimum absolute atomic E-state index is 0.766. The fraction of sp³-hybridized carbons (Fsp3) is 0.188. The minimum Gasteiger partial charge on any atom is -0.480 e. The number of hydrogen-bond donors (Lipinski definition) is 2. The second-order valence-electron chi connectivity index (χ2n) is 5.22. The predicted molar refractivity (Wildman–Crippen MR) is 95.2 cm³/mol. The first kappa shape index (κ1) is 15.8. The van der Waals surface area contributed by atoms with Crippen LogP contribution in [0.2, 0.25) is 0 Å². The number of rotatable bonds is 5. The van der Waals surface area contributed by atoms with Crippen molar-refractivity contribution >= 4 is 59.6 Å². The van der Waals surface area contributed by atoms with E-state index >= 15 is 0 Å². The van der Waals surface area contributed by atoms with Crippen LogP contribution in [0, 0.1) is 0 Å². The van der Waals surface area contributed by atoms with Crippen LogP contribution in [0.25, 0.3) is 20.6 Å². The molecule has 1 heterocycles. The van der Waals surface area contributed by atoms with Crippen LogP contribution in [0.15, 0.2) is 31.4 Å². The molecule has 0 aliphatic rings. The van der Waals surface area contributed by atoms with E-state index in [-0.39, 0.29) is 0 Å². The van der Waals surface area contributed by atoms with Gasteiger partial charge in [0, 0.05) is 30.7 Å². The van der Waals surface area contributed by atoms with E-state index in [2.05, 4.69) is 34.4 Å². The van der Waals surface area contributed by atoms with E-state index in [1.165, 1.54) is 0 Å². The van der Waals surface area contributed by atoms with Crippen LogP contribution in [0.4, 0.5) is 5.69 Å². The molecule has 2 aromatic rings. The smallest absolute Gasteiger partial charge is 0.328 e. The molecule has 0 radical (unpaired) electrons. The van der Waals surface area contributed by atoms with Gasteiger partial charge in [-0.15, -0.1) is 11.3 Å². The number of fused-ring (bicyclic) bond motifs is 1. The number of anilines is 1. The maximum Gasteiger partial charge on any atom is 0.328 e. The third kappa shape index (κ3) is 3.04. The predicted octanol–water partition coefficient (Wildman–Crippen LogP) is 5.19. The Bertz CT molecular complexity index is 746. The molecule has 3 nitrogen and oxygen atoms in total. The number of thiophene rings is 1. The van der Waals surface area contributed by atoms with E-state index < -0.39 is 11.5 Å². The molecule has 2 N–H and O–H groups in total. The van der Waals surface area contributed by atoms with Gasteiger partial charge < -0.3 is 10.4 Å². The lowest BCUT2D eigenvalue weighted by Crippen LogP contribution is -2.39. The van der Waals surface area contributed by atoms with E-state index in [0.717, 1.165) is 30.7 Å². The standard InChI is InChI=1S/C16H16BrNO2S/c1-5-11-12-8-10(18-16(3,4)15(19)20)6-7-13(12)21-14(11)9(2)17/h5-8,18H,1-2H2,3-4H3,(H,19,20). The lowest BCUT2D eigenvalue weighted by atomic mass is 10.0. The number of halogens is 1. The van der Waals surface area contributed by atoms with E-state index in [1.807, 2.05) is 18.2 Å². The van der Waals surface area contributed by atoms with E-state index in [0.29, 0.717) is 0 Å². The average Bonchev–Trinajstić information content (AvgIpc) is 2.76. The molecule has 0 bridgehead atoms. The van der Waals surface area contributed by atoms with Gasteiger partial charge in [-0.05, 0) is 48.0 Å². The van der Waals surface area contributed by atoms with Crippen LogP contribution in [0.5, 0.6) is 0 Å². The normalized spacial score (nSPS) is 11.4. The van der Waals surface area contributed by atoms with Crippen molar-refractivity contribution in [2.24, 2.45) is 0 Å². The van der Waals surface area contributed by atoms with Gasteiger partial charge in [-0.1, -0.05) is 19.2 Å². The average molecular weight is 366 g/mol. The van der Waals surface area contributed by atoms with Crippen LogP contribution in [0.1, 0.15) is 24.3 Å². The Hall–Kier alpha value is -1.59. The van der Waals surface area contributed by atoms with E-state index in [9.17, 15) is 9.90 Å². The van der Waals surface area contributed by atoms with Crippen molar-refractivity contribution in [3.63, 3.8) is 0 Å². The summed E-state index contributed by atoms with van der Waals surface area (Å²) in [5.41, 5.74) is 0.746. The Labute approximate surface area is 136 Å². The lowest BCUT2D eigenvalue weighted by Gasteiger charge is -2.22. The monoisotopic (exact) mass is 365 g/mol. The molecule has 1 aromatic carbocycles. The topological polar surface area (TPSA) is 49.3 Å². The van der Waals surface area contributed by atoms with Crippen LogP contribution in [-0.2, 0) is 4.79 Å². The van der Waals surface area contributed by atoms with Crippen molar-refractivity contribution < 1.29 is 9.90 Å². The molecule has 0 saturated carbocycles. The third-order valence-electron chi connectivity index (χ3n) is 3.17. The van der Waals surface area contributed by atoms with Crippen LogP contribution in [0.3, 0.4) is 0 Å². The fourth-order valence-electron chi connectivity index (χ4n) is 2.01. The van der Waals surface area contributed by atoms with Crippen LogP contribution >= 0.6 is 27.3 Å². The molecule has 1 aromatic heterocycles. The maximum atomic E-state index is 11.2. The van der Waals surface area contributed by atoms with Crippen molar-refractivity contribution in [3.8, 4) is 0 Å². The van der Waals surface area contributed by atoms with Crippen molar-refractivity contribution in [3.05, 3.63) is 41.8 Å². The summed E-state index contributed by atoms with van der Waals surface area (Å²) in [5, 5.41) is 13.3. The maximum absolute atomic E-state index is 11.2. The minimum atomic E-state index is -1.03. The Morgan fingerprint density at radius 3 is 2.67 bits per heavy atom. The largest absolute Gasteiger partial charge is 0.480 e. The molecular formula is C16H16BrNO2S. The molecule has 0 spiro atoms. The Morgan fingerprint density at radius 2 is 2.14 bits per heavy atom. The highest BCUT2D eigenvalue weighted by Gasteiger charge is 2.26. The zero-order valence-electron chi connectivity index (χ0n) is 11.9. The second-order valence-corrected chi connectivity index (χ2v) is 7.23. The Kier molecular flexibility index (Phi) is 4.25. The molecular weight excluding hydrogens is 350 g/mol. The Morgan fingerprint density at radius 1 is 1.48 bits per heavy atom. The first-order valence-electron chi connectivity index (χ1n) is 6.31. The van der Waals surface area contributed by atoms with Crippen molar-refractivity contribution in [1.82, 2.24) is 0 Å². The van der Waals surface area contributed by atoms with Gasteiger partial charge in [-0.3, -0.25) is 0 Å². The molecule has 0 fully saturated rings. The summed E-state index contributed by atoms with van der Waals surface area (Å²) in [5.74, 6) is -0.897. The Balaban J connectivity index is 2.53. The van der Waals surface area contributed by atoms with E-state index in [4.69, 9.17) is 0 Å². The zero-order valence-corrected chi connectivity index (χ0v) is 14.3. The summed E-state index contributed by atoms with van der Waals surface area (Å²) < 4.78 is 1.93. The summed E-state index contributed by atoms with van der Waals surface area (Å²) in [6.07, 6.45) is 1.80. The van der Waals surface area contributed by atoms with Gasteiger partial charge in [0.1, 0.15) is 5.54 Å². The van der Waals surface area contributed by atoms with E-state index in [1.54, 1.807) is 31.3 Å². The first-order chi connectivity index (χ1) is 9.76. The third-order valence-corrected chi connectivity index (χ3v) is 5.07. The van der Waals surface area contributed by atoms with Gasteiger partial charge in [-0.2, -0.15) is 0 Å². The number of aliphatic carboxylic acids is 1. The fourth-order valence-corrected chi connectivity index (χ4v) is 3.52. The van der Waals surface area contributed by atoms with Crippen molar-refractivity contribution in [2.75, 3.05) is 5.32 Å². The SMILES string of the molecule is C=Cc1c(C(=C)Br)sc2ccc(NC(C)(C)C(=O)O)cc12. The molecule has 0 amide bonds. The summed E-state index contributed by atoms with van der Waals surface area (Å²) in [4.78, 5) is 12.2. The number of nitrogens with one attached hydrogen (secondary N) is 1. The summed E-state index contributed by atoms with van der Waals surface area (Å²) in [6.45, 7) is 11.0. The van der Waals surface area contributed by atoms with Crippen molar-refractivity contribution in [1.29, 1.82) is 0 Å². The summed E-state index contributed by atoms with van der Waals surface area (Å²) >= 11 is 5.04. The first-order valence-corrected chi connectivity index (χ1v) is 7.92. The van der Waals surface area contributed by atoms with Gasteiger partial charge in [0.2, 0.25) is 0 Å². The highest BCUT2D eigenvalue weighted by molar-refractivity contribution is 9.15. The molecule has 5 heteroatoms. The zero-order chi connectivity index (χ0) is 15.8. The molecule has 110 valence electrons. The van der Waals surface area contributed by atoms with Gasteiger partial charge in [0.25, 0.3) is 0 Å². The van der Waals surface area contributed by atoms with Crippen LogP contribution in [-0.4, -0.2) is 16.6 Å². The molecule has 0 atom stereocenters.